The number of nitriles is 1. The number of anilines is 1. The summed E-state index contributed by atoms with van der Waals surface area (Å²) in [5.41, 5.74) is 0.966. The van der Waals surface area contributed by atoms with Crippen molar-refractivity contribution >= 4 is 11.6 Å². The predicted molar refractivity (Wildman–Crippen MR) is 91.8 cm³/mol. The Bertz CT molecular complexity index is 795. The van der Waals surface area contributed by atoms with E-state index in [-0.39, 0.29) is 18.3 Å². The summed E-state index contributed by atoms with van der Waals surface area (Å²) in [5, 5.41) is 9.03. The van der Waals surface area contributed by atoms with Crippen LogP contribution < -0.4 is 9.64 Å². The number of hydrogen-bond acceptors (Lipinski definition) is 4. The number of carbonyl (C=O) groups excluding carboxylic acids is 1. The number of ether oxygens (including phenoxy) is 1. The van der Waals surface area contributed by atoms with Crippen molar-refractivity contribution < 1.29 is 13.9 Å². The van der Waals surface area contributed by atoms with Crippen LogP contribution in [-0.2, 0) is 4.79 Å². The molecule has 0 saturated carbocycles. The number of para-hydroxylation sites is 2. The Balaban J connectivity index is 1.54. The Morgan fingerprint density at radius 1 is 1.08 bits per heavy atom. The minimum absolute atomic E-state index is 0.113. The molecule has 1 saturated heterocycles. The van der Waals surface area contributed by atoms with E-state index in [2.05, 4.69) is 0 Å². The molecule has 0 radical (unpaired) electrons. The van der Waals surface area contributed by atoms with E-state index in [4.69, 9.17) is 10.00 Å². The summed E-state index contributed by atoms with van der Waals surface area (Å²) in [6, 6.07) is 15.5. The minimum atomic E-state index is -0.251. The van der Waals surface area contributed by atoms with Crippen molar-refractivity contribution in [3.05, 3.63) is 59.9 Å². The summed E-state index contributed by atoms with van der Waals surface area (Å²) in [6.07, 6.45) is 0. The minimum Gasteiger partial charge on any atom is -0.482 e. The fraction of sp³-hybridized carbons (Fsp3) is 0.263. The molecule has 0 spiro atoms. The van der Waals surface area contributed by atoms with E-state index in [1.807, 2.05) is 11.0 Å². The maximum atomic E-state index is 13.8. The smallest absolute Gasteiger partial charge is 0.260 e. The Morgan fingerprint density at radius 2 is 1.76 bits per heavy atom. The van der Waals surface area contributed by atoms with Crippen molar-refractivity contribution in [3.8, 4) is 11.8 Å². The summed E-state index contributed by atoms with van der Waals surface area (Å²) in [7, 11) is 0. The molecule has 2 aromatic carbocycles. The Morgan fingerprint density at radius 3 is 2.48 bits per heavy atom. The summed E-state index contributed by atoms with van der Waals surface area (Å²) in [6.45, 7) is 2.05. The second-order valence-electron chi connectivity index (χ2n) is 5.72. The molecule has 0 aliphatic carbocycles. The Hall–Kier alpha value is -3.07. The van der Waals surface area contributed by atoms with E-state index in [9.17, 15) is 9.18 Å². The number of rotatable bonds is 4. The lowest BCUT2D eigenvalue weighted by Crippen LogP contribution is -2.50. The SMILES string of the molecule is N#Cc1ccccc1OCC(=O)N1CCN(c2ccccc2F)CC1. The monoisotopic (exact) mass is 339 g/mol. The first-order valence-corrected chi connectivity index (χ1v) is 8.08. The molecule has 2 aromatic rings. The van der Waals surface area contributed by atoms with E-state index in [0.717, 1.165) is 0 Å². The molecular weight excluding hydrogens is 321 g/mol. The van der Waals surface area contributed by atoms with Gasteiger partial charge in [0, 0.05) is 26.2 Å². The quantitative estimate of drug-likeness (QED) is 0.858. The van der Waals surface area contributed by atoms with Crippen LogP contribution in [0.1, 0.15) is 5.56 Å². The van der Waals surface area contributed by atoms with E-state index >= 15 is 0 Å². The van der Waals surface area contributed by atoms with Crippen molar-refractivity contribution in [1.82, 2.24) is 4.90 Å². The van der Waals surface area contributed by atoms with Crippen LogP contribution in [0.2, 0.25) is 0 Å². The average Bonchev–Trinajstić information content (AvgIpc) is 2.67. The highest BCUT2D eigenvalue weighted by Crippen LogP contribution is 2.20. The highest BCUT2D eigenvalue weighted by molar-refractivity contribution is 5.78. The number of nitrogens with zero attached hydrogens (tertiary/aromatic N) is 3. The molecule has 0 N–H and O–H groups in total. The molecule has 5 nitrogen and oxygen atoms in total. The normalized spacial score (nSPS) is 14.1. The molecule has 3 rings (SSSR count). The first-order chi connectivity index (χ1) is 12.2. The number of amides is 1. The number of hydrogen-bond donors (Lipinski definition) is 0. The molecule has 0 atom stereocenters. The average molecular weight is 339 g/mol. The third kappa shape index (κ3) is 3.89. The van der Waals surface area contributed by atoms with Gasteiger partial charge >= 0.3 is 0 Å². The number of piperazine rings is 1. The molecular formula is C19H18FN3O2. The fourth-order valence-electron chi connectivity index (χ4n) is 2.82. The summed E-state index contributed by atoms with van der Waals surface area (Å²) < 4.78 is 19.3. The molecule has 25 heavy (non-hydrogen) atoms. The van der Waals surface area contributed by atoms with Crippen LogP contribution in [0.25, 0.3) is 0 Å². The van der Waals surface area contributed by atoms with E-state index in [1.165, 1.54) is 6.07 Å². The zero-order chi connectivity index (χ0) is 17.6. The van der Waals surface area contributed by atoms with Gasteiger partial charge in [0.15, 0.2) is 6.61 Å². The van der Waals surface area contributed by atoms with Crippen LogP contribution in [0.3, 0.4) is 0 Å². The van der Waals surface area contributed by atoms with Gasteiger partial charge < -0.3 is 14.5 Å². The topological polar surface area (TPSA) is 56.6 Å². The van der Waals surface area contributed by atoms with Crippen molar-refractivity contribution in [3.63, 3.8) is 0 Å². The molecule has 0 unspecified atom stereocenters. The maximum Gasteiger partial charge on any atom is 0.260 e. The first-order valence-electron chi connectivity index (χ1n) is 8.08. The molecule has 1 heterocycles. The van der Waals surface area contributed by atoms with Gasteiger partial charge in [-0.05, 0) is 24.3 Å². The summed E-state index contributed by atoms with van der Waals surface area (Å²) in [5.74, 6) is 0.0167. The third-order valence-electron chi connectivity index (χ3n) is 4.18. The van der Waals surface area contributed by atoms with Gasteiger partial charge in [-0.25, -0.2) is 4.39 Å². The number of carbonyl (C=O) groups is 1. The van der Waals surface area contributed by atoms with E-state index < -0.39 is 0 Å². The lowest BCUT2D eigenvalue weighted by atomic mass is 10.2. The van der Waals surface area contributed by atoms with Gasteiger partial charge in [0.05, 0.1) is 11.3 Å². The summed E-state index contributed by atoms with van der Waals surface area (Å²) >= 11 is 0. The van der Waals surface area contributed by atoms with Gasteiger partial charge in [0.2, 0.25) is 0 Å². The zero-order valence-corrected chi connectivity index (χ0v) is 13.7. The van der Waals surface area contributed by atoms with Crippen LogP contribution in [0.5, 0.6) is 5.75 Å². The Kier molecular flexibility index (Phi) is 5.14. The first kappa shape index (κ1) is 16.8. The van der Waals surface area contributed by atoms with E-state index in [1.54, 1.807) is 47.4 Å². The maximum absolute atomic E-state index is 13.8. The van der Waals surface area contributed by atoms with Gasteiger partial charge in [0.1, 0.15) is 17.6 Å². The molecule has 1 aliphatic rings. The molecule has 1 aliphatic heterocycles. The van der Waals surface area contributed by atoms with Crippen molar-refractivity contribution in [2.75, 3.05) is 37.7 Å². The lowest BCUT2D eigenvalue weighted by molar-refractivity contribution is -0.133. The molecule has 1 amide bonds. The van der Waals surface area contributed by atoms with Gasteiger partial charge in [-0.3, -0.25) is 4.79 Å². The van der Waals surface area contributed by atoms with Crippen LogP contribution in [0, 0.1) is 17.1 Å². The molecule has 1 fully saturated rings. The third-order valence-corrected chi connectivity index (χ3v) is 4.18. The largest absolute Gasteiger partial charge is 0.482 e. The Labute approximate surface area is 145 Å². The van der Waals surface area contributed by atoms with Crippen molar-refractivity contribution in [2.45, 2.75) is 0 Å². The highest BCUT2D eigenvalue weighted by atomic mass is 19.1. The second-order valence-corrected chi connectivity index (χ2v) is 5.72. The van der Waals surface area contributed by atoms with Crippen LogP contribution in [-0.4, -0.2) is 43.6 Å². The highest BCUT2D eigenvalue weighted by Gasteiger charge is 2.23. The van der Waals surface area contributed by atoms with E-state index in [0.29, 0.717) is 43.2 Å². The van der Waals surface area contributed by atoms with Crippen molar-refractivity contribution in [2.24, 2.45) is 0 Å². The van der Waals surface area contributed by atoms with Crippen molar-refractivity contribution in [1.29, 1.82) is 5.26 Å². The molecule has 0 bridgehead atoms. The standard InChI is InChI=1S/C19H18FN3O2/c20-16-6-2-3-7-17(16)22-9-11-23(12-10-22)19(24)14-25-18-8-4-1-5-15(18)13-21/h1-8H,9-12,14H2. The van der Waals surface area contributed by atoms with Gasteiger partial charge in [-0.2, -0.15) is 5.26 Å². The van der Waals surface area contributed by atoms with Crippen LogP contribution in [0.15, 0.2) is 48.5 Å². The van der Waals surface area contributed by atoms with Gasteiger partial charge in [-0.15, -0.1) is 0 Å². The lowest BCUT2D eigenvalue weighted by Gasteiger charge is -2.36. The second kappa shape index (κ2) is 7.67. The van der Waals surface area contributed by atoms with Gasteiger partial charge in [0.25, 0.3) is 5.91 Å². The van der Waals surface area contributed by atoms with Crippen LogP contribution >= 0.6 is 0 Å². The van der Waals surface area contributed by atoms with Crippen LogP contribution in [0.4, 0.5) is 10.1 Å². The molecule has 6 heteroatoms. The molecule has 0 aromatic heterocycles. The predicted octanol–water partition coefficient (Wildman–Crippen LogP) is 2.42. The summed E-state index contributed by atoms with van der Waals surface area (Å²) in [4.78, 5) is 15.9. The number of halogens is 1. The number of benzene rings is 2. The van der Waals surface area contributed by atoms with Gasteiger partial charge in [-0.1, -0.05) is 24.3 Å². The molecule has 128 valence electrons. The fourth-order valence-corrected chi connectivity index (χ4v) is 2.82. The zero-order valence-electron chi connectivity index (χ0n) is 13.7.